The number of hydrogen-bond donors (Lipinski definition) is 0. The van der Waals surface area contributed by atoms with Crippen LogP contribution >= 0.6 is 0 Å². The van der Waals surface area contributed by atoms with Crippen molar-refractivity contribution < 1.29 is 4.74 Å². The van der Waals surface area contributed by atoms with Gasteiger partial charge in [0.05, 0.1) is 0 Å². The first-order chi connectivity index (χ1) is 20.1. The Morgan fingerprint density at radius 3 is 1.85 bits per heavy atom. The normalized spacial score (nSPS) is 15.2. The number of benzene rings is 5. The number of para-hydroxylation sites is 1. The standard InChI is InChI=1S/C39H31NO/c1-27(2)28-12-19-33(20-13-28)40(34-21-14-30(15-22-34)29-8-4-3-5-9-29)35-23-16-31(17-24-35)32-18-25-37-36-10-6-7-11-38(36)41-39(37)26-32/h3-25,39H,1,26H2,2H3. The quantitative estimate of drug-likeness (QED) is 0.217. The summed E-state index contributed by atoms with van der Waals surface area (Å²) in [6, 6.07) is 45.2. The van der Waals surface area contributed by atoms with Crippen LogP contribution in [0.25, 0.3) is 27.8 Å². The molecule has 2 heteroatoms. The highest BCUT2D eigenvalue weighted by Gasteiger charge is 2.30. The second kappa shape index (κ2) is 10.5. The van der Waals surface area contributed by atoms with Crippen molar-refractivity contribution in [3.05, 3.63) is 163 Å². The highest BCUT2D eigenvalue weighted by molar-refractivity contribution is 5.86. The van der Waals surface area contributed by atoms with E-state index < -0.39 is 0 Å². The van der Waals surface area contributed by atoms with E-state index in [4.69, 9.17) is 4.74 Å². The summed E-state index contributed by atoms with van der Waals surface area (Å²) in [6.45, 7) is 6.15. The molecule has 2 aliphatic rings. The number of nitrogens with zero attached hydrogens (tertiary/aromatic N) is 1. The Morgan fingerprint density at radius 2 is 1.20 bits per heavy atom. The Labute approximate surface area is 242 Å². The molecular formula is C39H31NO. The van der Waals surface area contributed by atoms with Crippen molar-refractivity contribution in [1.29, 1.82) is 0 Å². The van der Waals surface area contributed by atoms with Gasteiger partial charge in [0.15, 0.2) is 0 Å². The number of fused-ring (bicyclic) bond motifs is 3. The summed E-state index contributed by atoms with van der Waals surface area (Å²) in [5, 5.41) is 0. The average molecular weight is 530 g/mol. The molecule has 0 fully saturated rings. The van der Waals surface area contributed by atoms with Crippen LogP contribution in [-0.2, 0) is 0 Å². The molecule has 0 amide bonds. The maximum Gasteiger partial charge on any atom is 0.128 e. The first-order valence-corrected chi connectivity index (χ1v) is 14.1. The number of ether oxygens (including phenoxy) is 1. The van der Waals surface area contributed by atoms with Crippen molar-refractivity contribution in [3.63, 3.8) is 0 Å². The van der Waals surface area contributed by atoms with Gasteiger partial charge in [-0.05, 0) is 77.2 Å². The van der Waals surface area contributed by atoms with Gasteiger partial charge in [-0.3, -0.25) is 0 Å². The third-order valence-electron chi connectivity index (χ3n) is 8.03. The molecule has 1 aliphatic carbocycles. The van der Waals surface area contributed by atoms with Crippen LogP contribution < -0.4 is 9.64 Å². The lowest BCUT2D eigenvalue weighted by molar-refractivity contribution is 0.281. The van der Waals surface area contributed by atoms with Crippen LogP contribution in [0.4, 0.5) is 17.1 Å². The van der Waals surface area contributed by atoms with E-state index in [0.717, 1.165) is 40.4 Å². The molecule has 0 spiro atoms. The van der Waals surface area contributed by atoms with Crippen molar-refractivity contribution >= 4 is 33.8 Å². The Balaban J connectivity index is 1.21. The molecule has 41 heavy (non-hydrogen) atoms. The van der Waals surface area contributed by atoms with E-state index in [1.54, 1.807) is 0 Å². The molecule has 0 saturated carbocycles. The average Bonchev–Trinajstić information content (AvgIpc) is 3.40. The van der Waals surface area contributed by atoms with Gasteiger partial charge < -0.3 is 9.64 Å². The van der Waals surface area contributed by atoms with Gasteiger partial charge in [0.1, 0.15) is 11.9 Å². The zero-order valence-corrected chi connectivity index (χ0v) is 23.1. The molecule has 0 N–H and O–H groups in total. The van der Waals surface area contributed by atoms with Crippen LogP contribution in [0, 0.1) is 0 Å². The van der Waals surface area contributed by atoms with Crippen LogP contribution in [0.3, 0.4) is 0 Å². The number of anilines is 3. The fraction of sp³-hybridized carbons (Fsp3) is 0.0769. The molecule has 2 nitrogen and oxygen atoms in total. The van der Waals surface area contributed by atoms with Crippen LogP contribution in [0.15, 0.2) is 146 Å². The molecule has 7 rings (SSSR count). The lowest BCUT2D eigenvalue weighted by Gasteiger charge is -2.26. The summed E-state index contributed by atoms with van der Waals surface area (Å²) in [5.74, 6) is 0.986. The molecular weight excluding hydrogens is 498 g/mol. The second-order valence-corrected chi connectivity index (χ2v) is 10.7. The molecule has 198 valence electrons. The summed E-state index contributed by atoms with van der Waals surface area (Å²) < 4.78 is 6.28. The van der Waals surface area contributed by atoms with Gasteiger partial charge >= 0.3 is 0 Å². The van der Waals surface area contributed by atoms with E-state index in [-0.39, 0.29) is 6.10 Å². The van der Waals surface area contributed by atoms with E-state index in [0.29, 0.717) is 0 Å². The van der Waals surface area contributed by atoms with Gasteiger partial charge in [0.2, 0.25) is 0 Å². The zero-order valence-electron chi connectivity index (χ0n) is 23.1. The lowest BCUT2D eigenvalue weighted by Crippen LogP contribution is -2.15. The van der Waals surface area contributed by atoms with E-state index in [1.165, 1.54) is 33.4 Å². The molecule has 0 saturated heterocycles. The second-order valence-electron chi connectivity index (χ2n) is 10.7. The minimum atomic E-state index is 0.0820. The Bertz CT molecular complexity index is 1780. The number of allylic oxidation sites excluding steroid dienone is 3. The molecule has 5 aromatic rings. The van der Waals surface area contributed by atoms with Crippen LogP contribution in [0.5, 0.6) is 5.75 Å². The summed E-state index contributed by atoms with van der Waals surface area (Å²) in [6.07, 6.45) is 5.43. The fourth-order valence-electron chi connectivity index (χ4n) is 5.82. The van der Waals surface area contributed by atoms with Crippen molar-refractivity contribution in [2.45, 2.75) is 19.4 Å². The van der Waals surface area contributed by atoms with Gasteiger partial charge in [-0.25, -0.2) is 0 Å². The molecule has 0 radical (unpaired) electrons. The Morgan fingerprint density at radius 1 is 0.634 bits per heavy atom. The lowest BCUT2D eigenvalue weighted by atomic mass is 9.89. The van der Waals surface area contributed by atoms with Crippen molar-refractivity contribution in [2.24, 2.45) is 0 Å². The topological polar surface area (TPSA) is 12.5 Å². The third kappa shape index (κ3) is 4.79. The van der Waals surface area contributed by atoms with Gasteiger partial charge in [0, 0.05) is 34.6 Å². The smallest absolute Gasteiger partial charge is 0.128 e. The minimum absolute atomic E-state index is 0.0820. The SMILES string of the molecule is C=C(C)c1ccc(N(c2ccc(C3=CC=C4c5ccccc5OC4C3)cc2)c2ccc(-c3ccccc3)cc2)cc1. The number of rotatable bonds is 6. The van der Waals surface area contributed by atoms with Crippen molar-refractivity contribution in [1.82, 2.24) is 0 Å². The maximum atomic E-state index is 6.28. The van der Waals surface area contributed by atoms with E-state index in [1.807, 2.05) is 13.0 Å². The monoisotopic (exact) mass is 529 g/mol. The van der Waals surface area contributed by atoms with E-state index in [9.17, 15) is 0 Å². The predicted octanol–water partition coefficient (Wildman–Crippen LogP) is 10.5. The van der Waals surface area contributed by atoms with E-state index in [2.05, 4.69) is 145 Å². The zero-order chi connectivity index (χ0) is 27.8. The van der Waals surface area contributed by atoms with Crippen LogP contribution in [0.2, 0.25) is 0 Å². The predicted molar refractivity (Wildman–Crippen MR) is 173 cm³/mol. The molecule has 5 aromatic carbocycles. The first kappa shape index (κ1) is 24.9. The van der Waals surface area contributed by atoms with Crippen molar-refractivity contribution in [2.75, 3.05) is 4.90 Å². The Kier molecular flexibility index (Phi) is 6.37. The molecule has 0 aromatic heterocycles. The first-order valence-electron chi connectivity index (χ1n) is 14.1. The summed E-state index contributed by atoms with van der Waals surface area (Å²) in [5.41, 5.74) is 13.0. The largest absolute Gasteiger partial charge is 0.485 e. The molecule has 0 bridgehead atoms. The molecule has 1 heterocycles. The van der Waals surface area contributed by atoms with Crippen LogP contribution in [0.1, 0.15) is 30.0 Å². The van der Waals surface area contributed by atoms with Crippen molar-refractivity contribution in [3.8, 4) is 16.9 Å². The van der Waals surface area contributed by atoms with Gasteiger partial charge in [-0.15, -0.1) is 0 Å². The Hall–Kier alpha value is -5.08. The maximum absolute atomic E-state index is 6.28. The third-order valence-corrected chi connectivity index (χ3v) is 8.03. The van der Waals surface area contributed by atoms with Gasteiger partial charge in [-0.1, -0.05) is 109 Å². The molecule has 1 atom stereocenters. The summed E-state index contributed by atoms with van der Waals surface area (Å²) >= 11 is 0. The van der Waals surface area contributed by atoms with Crippen LogP contribution in [-0.4, -0.2) is 6.10 Å². The molecule has 1 unspecified atom stereocenters. The minimum Gasteiger partial charge on any atom is -0.485 e. The summed E-state index contributed by atoms with van der Waals surface area (Å²) in [7, 11) is 0. The highest BCUT2D eigenvalue weighted by Crippen LogP contribution is 2.44. The fourth-order valence-corrected chi connectivity index (χ4v) is 5.82. The van der Waals surface area contributed by atoms with Gasteiger partial charge in [-0.2, -0.15) is 0 Å². The highest BCUT2D eigenvalue weighted by atomic mass is 16.5. The number of hydrogen-bond acceptors (Lipinski definition) is 2. The molecule has 1 aliphatic heterocycles. The van der Waals surface area contributed by atoms with Gasteiger partial charge in [0.25, 0.3) is 0 Å². The van der Waals surface area contributed by atoms with E-state index >= 15 is 0 Å². The summed E-state index contributed by atoms with van der Waals surface area (Å²) in [4.78, 5) is 2.31.